The van der Waals surface area contributed by atoms with E-state index in [0.717, 1.165) is 35.1 Å². The molecule has 0 heterocycles. The summed E-state index contributed by atoms with van der Waals surface area (Å²) in [6.45, 7) is 0. The highest BCUT2D eigenvalue weighted by Crippen LogP contribution is 2.22. The minimum absolute atomic E-state index is 0.253. The quantitative estimate of drug-likeness (QED) is 0.659. The molecule has 20 heavy (non-hydrogen) atoms. The van der Waals surface area contributed by atoms with Crippen molar-refractivity contribution in [3.63, 3.8) is 0 Å². The third-order valence-corrected chi connectivity index (χ3v) is 3.70. The Balaban J connectivity index is 1.89. The van der Waals surface area contributed by atoms with Gasteiger partial charge in [0.2, 0.25) is 0 Å². The molecule has 0 saturated carbocycles. The van der Waals surface area contributed by atoms with Crippen LogP contribution in [0.2, 0.25) is 5.02 Å². The van der Waals surface area contributed by atoms with E-state index in [4.69, 9.17) is 11.6 Å². The van der Waals surface area contributed by atoms with Crippen LogP contribution in [0.15, 0.2) is 42.5 Å². The highest BCUT2D eigenvalue weighted by molar-refractivity contribution is 6.30. The number of fused-ring (bicyclic) bond motifs is 1. The van der Waals surface area contributed by atoms with E-state index in [-0.39, 0.29) is 5.78 Å². The Kier molecular flexibility index (Phi) is 3.58. The lowest BCUT2D eigenvalue weighted by atomic mass is 9.89. The van der Waals surface area contributed by atoms with Crippen LogP contribution in [-0.4, -0.2) is 5.78 Å². The van der Waals surface area contributed by atoms with Gasteiger partial charge >= 0.3 is 0 Å². The number of carbonyl (C=O) groups is 1. The Hall–Kier alpha value is -2.04. The molecule has 1 aliphatic carbocycles. The topological polar surface area (TPSA) is 17.1 Å². The number of carbonyl (C=O) groups excluding carboxylic acids is 1. The van der Waals surface area contributed by atoms with E-state index in [1.54, 1.807) is 0 Å². The molecule has 2 aromatic rings. The number of aryl methyl sites for hydroxylation is 1. The number of hydrogen-bond donors (Lipinski definition) is 0. The average Bonchev–Trinajstić information content (AvgIpc) is 2.47. The van der Waals surface area contributed by atoms with Crippen molar-refractivity contribution in [3.05, 3.63) is 69.7 Å². The molecule has 2 heteroatoms. The summed E-state index contributed by atoms with van der Waals surface area (Å²) in [6.07, 6.45) is 2.58. The fourth-order valence-electron chi connectivity index (χ4n) is 2.40. The van der Waals surface area contributed by atoms with Crippen LogP contribution in [-0.2, 0) is 6.42 Å². The highest BCUT2D eigenvalue weighted by Gasteiger charge is 2.16. The monoisotopic (exact) mass is 280 g/mol. The van der Waals surface area contributed by atoms with Crippen LogP contribution in [0.25, 0.3) is 0 Å². The molecule has 0 spiro atoms. The van der Waals surface area contributed by atoms with Gasteiger partial charge in [0, 0.05) is 28.1 Å². The van der Waals surface area contributed by atoms with E-state index < -0.39 is 0 Å². The molecule has 0 aromatic heterocycles. The van der Waals surface area contributed by atoms with Crippen molar-refractivity contribution in [2.75, 3.05) is 0 Å². The maximum Gasteiger partial charge on any atom is 0.163 e. The fraction of sp³-hybridized carbons (Fsp3) is 0.167. The smallest absolute Gasteiger partial charge is 0.163 e. The van der Waals surface area contributed by atoms with Crippen LogP contribution in [0, 0.1) is 11.8 Å². The third kappa shape index (κ3) is 2.76. The summed E-state index contributed by atoms with van der Waals surface area (Å²) in [6, 6.07) is 13.3. The molecule has 1 aliphatic rings. The molecule has 0 aliphatic heterocycles. The Morgan fingerprint density at radius 2 is 1.60 bits per heavy atom. The molecule has 1 nitrogen and oxygen atoms in total. The normalized spacial score (nSPS) is 13.3. The van der Waals surface area contributed by atoms with E-state index in [0.29, 0.717) is 11.4 Å². The zero-order valence-corrected chi connectivity index (χ0v) is 11.7. The first kappa shape index (κ1) is 13.0. The van der Waals surface area contributed by atoms with Crippen LogP contribution in [0.4, 0.5) is 0 Å². The van der Waals surface area contributed by atoms with Crippen molar-refractivity contribution < 1.29 is 4.79 Å². The van der Waals surface area contributed by atoms with Crippen molar-refractivity contribution in [3.8, 4) is 11.8 Å². The zero-order valence-electron chi connectivity index (χ0n) is 10.9. The summed E-state index contributed by atoms with van der Waals surface area (Å²) in [5.41, 5.74) is 3.88. The van der Waals surface area contributed by atoms with Crippen LogP contribution in [0.1, 0.15) is 39.9 Å². The summed E-state index contributed by atoms with van der Waals surface area (Å²) in [5, 5.41) is 0.711. The fourth-order valence-corrected chi connectivity index (χ4v) is 2.53. The molecule has 0 N–H and O–H groups in total. The number of halogens is 1. The first-order chi connectivity index (χ1) is 9.72. The molecule has 0 bridgehead atoms. The first-order valence-corrected chi connectivity index (χ1v) is 7.04. The van der Waals surface area contributed by atoms with Crippen molar-refractivity contribution in [1.29, 1.82) is 0 Å². The van der Waals surface area contributed by atoms with Gasteiger partial charge < -0.3 is 0 Å². The molecule has 3 rings (SSSR count). The van der Waals surface area contributed by atoms with Crippen LogP contribution >= 0.6 is 11.6 Å². The molecule has 0 unspecified atom stereocenters. The van der Waals surface area contributed by atoms with Gasteiger partial charge in [-0.05, 0) is 60.9 Å². The predicted octanol–water partition coefficient (Wildman–Crippen LogP) is 4.26. The van der Waals surface area contributed by atoms with Crippen molar-refractivity contribution in [2.45, 2.75) is 19.3 Å². The van der Waals surface area contributed by atoms with E-state index in [2.05, 4.69) is 11.8 Å². The van der Waals surface area contributed by atoms with Gasteiger partial charge in [-0.3, -0.25) is 4.79 Å². The second kappa shape index (κ2) is 5.53. The predicted molar refractivity (Wildman–Crippen MR) is 81.1 cm³/mol. The standard InChI is InChI=1S/C18H13ClO/c19-16-9-6-13(7-10-16)4-5-14-8-11-17-15(12-14)2-1-3-18(17)20/h6-12H,1-3H2. The van der Waals surface area contributed by atoms with E-state index in [1.165, 1.54) is 0 Å². The molecule has 0 amide bonds. The Bertz CT molecular complexity index is 717. The number of ketones is 1. The molecule has 98 valence electrons. The van der Waals surface area contributed by atoms with Gasteiger partial charge in [0.1, 0.15) is 0 Å². The average molecular weight is 281 g/mol. The minimum Gasteiger partial charge on any atom is -0.294 e. The second-order valence-electron chi connectivity index (χ2n) is 4.91. The molecule has 0 fully saturated rings. The van der Waals surface area contributed by atoms with Crippen LogP contribution in [0.3, 0.4) is 0 Å². The maximum atomic E-state index is 11.8. The summed E-state index contributed by atoms with van der Waals surface area (Å²) in [4.78, 5) is 11.8. The molecule has 0 saturated heterocycles. The highest BCUT2D eigenvalue weighted by atomic mass is 35.5. The molecular formula is C18H13ClO. The Morgan fingerprint density at radius 3 is 2.40 bits per heavy atom. The van der Waals surface area contributed by atoms with E-state index in [9.17, 15) is 4.79 Å². The lowest BCUT2D eigenvalue weighted by Gasteiger charge is -2.14. The Morgan fingerprint density at radius 1 is 0.900 bits per heavy atom. The minimum atomic E-state index is 0.253. The van der Waals surface area contributed by atoms with E-state index >= 15 is 0 Å². The largest absolute Gasteiger partial charge is 0.294 e. The molecule has 0 radical (unpaired) electrons. The van der Waals surface area contributed by atoms with Gasteiger partial charge in [0.05, 0.1) is 0 Å². The first-order valence-electron chi connectivity index (χ1n) is 6.66. The third-order valence-electron chi connectivity index (χ3n) is 3.45. The van der Waals surface area contributed by atoms with Crippen LogP contribution in [0.5, 0.6) is 0 Å². The second-order valence-corrected chi connectivity index (χ2v) is 5.34. The van der Waals surface area contributed by atoms with Gasteiger partial charge in [0.25, 0.3) is 0 Å². The Labute approximate surface area is 123 Å². The van der Waals surface area contributed by atoms with E-state index in [1.807, 2.05) is 42.5 Å². The molecule has 0 atom stereocenters. The lowest BCUT2D eigenvalue weighted by molar-refractivity contribution is 0.0972. The SMILES string of the molecule is O=C1CCCc2cc(C#Cc3ccc(Cl)cc3)ccc21. The van der Waals surface area contributed by atoms with Crippen LogP contribution < -0.4 is 0 Å². The maximum absolute atomic E-state index is 11.8. The van der Waals surface area contributed by atoms with Crippen molar-refractivity contribution in [1.82, 2.24) is 0 Å². The van der Waals surface area contributed by atoms with Gasteiger partial charge in [-0.25, -0.2) is 0 Å². The number of benzene rings is 2. The number of hydrogen-bond acceptors (Lipinski definition) is 1. The summed E-state index contributed by atoms with van der Waals surface area (Å²) < 4.78 is 0. The van der Waals surface area contributed by atoms with Crippen molar-refractivity contribution in [2.24, 2.45) is 0 Å². The summed E-state index contributed by atoms with van der Waals surface area (Å²) in [7, 11) is 0. The summed E-state index contributed by atoms with van der Waals surface area (Å²) in [5.74, 6) is 6.51. The lowest BCUT2D eigenvalue weighted by Crippen LogP contribution is -2.10. The van der Waals surface area contributed by atoms with Crippen molar-refractivity contribution >= 4 is 17.4 Å². The number of Topliss-reactive ketones (excluding diaryl/α,β-unsaturated/α-hetero) is 1. The van der Waals surface area contributed by atoms with Gasteiger partial charge in [0.15, 0.2) is 5.78 Å². The van der Waals surface area contributed by atoms with Gasteiger partial charge in [-0.1, -0.05) is 23.4 Å². The number of rotatable bonds is 0. The van der Waals surface area contributed by atoms with Gasteiger partial charge in [-0.2, -0.15) is 0 Å². The molecule has 2 aromatic carbocycles. The molecular weight excluding hydrogens is 268 g/mol. The zero-order chi connectivity index (χ0) is 13.9. The van der Waals surface area contributed by atoms with Gasteiger partial charge in [-0.15, -0.1) is 0 Å². The summed E-state index contributed by atoms with van der Waals surface area (Å²) >= 11 is 5.84.